The molecule has 1 aromatic heterocycles. The Bertz CT molecular complexity index is 1630. The van der Waals surface area contributed by atoms with Crippen LogP contribution >= 0.6 is 11.6 Å². The van der Waals surface area contributed by atoms with Crippen LogP contribution in [0.4, 0.5) is 11.4 Å². The lowest BCUT2D eigenvalue weighted by Gasteiger charge is -2.34. The fraction of sp³-hybridized carbons (Fsp3) is 0.200. The quantitative estimate of drug-likeness (QED) is 0.357. The van der Waals surface area contributed by atoms with E-state index in [2.05, 4.69) is 10.4 Å². The molecule has 2 heterocycles. The molecule has 0 spiro atoms. The van der Waals surface area contributed by atoms with Crippen molar-refractivity contribution >= 4 is 34.8 Å². The highest BCUT2D eigenvalue weighted by atomic mass is 35.5. The van der Waals surface area contributed by atoms with Crippen molar-refractivity contribution < 1.29 is 14.3 Å². The van der Waals surface area contributed by atoms with Gasteiger partial charge in [-0.15, -0.1) is 0 Å². The lowest BCUT2D eigenvalue weighted by molar-refractivity contribution is -0.130. The summed E-state index contributed by atoms with van der Waals surface area (Å²) >= 11 is 6.37. The van der Waals surface area contributed by atoms with Gasteiger partial charge in [0.1, 0.15) is 5.75 Å². The molecule has 1 aliphatic heterocycles. The van der Waals surface area contributed by atoms with Gasteiger partial charge in [0.25, 0.3) is 11.5 Å². The summed E-state index contributed by atoms with van der Waals surface area (Å²) in [6.45, 7) is 5.38. The van der Waals surface area contributed by atoms with Gasteiger partial charge in [-0.05, 0) is 55.0 Å². The van der Waals surface area contributed by atoms with Crippen molar-refractivity contribution in [3.8, 4) is 17.2 Å². The Balaban J connectivity index is 1.48. The van der Waals surface area contributed by atoms with E-state index in [1.165, 1.54) is 17.8 Å². The van der Waals surface area contributed by atoms with E-state index in [0.717, 1.165) is 5.56 Å². The highest BCUT2D eigenvalue weighted by molar-refractivity contribution is 6.32. The van der Waals surface area contributed by atoms with E-state index in [1.54, 1.807) is 64.4 Å². The highest BCUT2D eigenvalue weighted by Gasteiger charge is 2.24. The number of rotatable bonds is 6. The molecule has 0 bridgehead atoms. The Hall–Kier alpha value is -4.63. The number of para-hydroxylation sites is 1. The van der Waals surface area contributed by atoms with E-state index in [4.69, 9.17) is 16.3 Å². The summed E-state index contributed by atoms with van der Waals surface area (Å²) < 4.78 is 7.29. The smallest absolute Gasteiger partial charge is 0.299 e. The number of piperazine rings is 1. The van der Waals surface area contributed by atoms with Crippen LogP contribution in [-0.2, 0) is 4.79 Å². The van der Waals surface area contributed by atoms with Crippen LogP contribution in [0.25, 0.3) is 5.69 Å². The number of hydrogen-bond acceptors (Lipinski definition) is 6. The van der Waals surface area contributed by atoms with Gasteiger partial charge in [-0.3, -0.25) is 14.4 Å². The fourth-order valence-corrected chi connectivity index (χ4v) is 4.73. The molecule has 0 saturated carbocycles. The van der Waals surface area contributed by atoms with Crippen molar-refractivity contribution in [2.75, 3.05) is 31.5 Å². The van der Waals surface area contributed by atoms with Gasteiger partial charge in [-0.1, -0.05) is 41.9 Å². The minimum atomic E-state index is -0.477. The summed E-state index contributed by atoms with van der Waals surface area (Å²) in [5, 5.41) is 7.85. The third-order valence-electron chi connectivity index (χ3n) is 6.63. The summed E-state index contributed by atoms with van der Waals surface area (Å²) in [5.41, 5.74) is 2.07. The molecule has 1 fully saturated rings. The van der Waals surface area contributed by atoms with Crippen LogP contribution in [0, 0.1) is 6.92 Å². The number of anilines is 2. The van der Waals surface area contributed by atoms with Crippen LogP contribution in [-0.4, -0.2) is 57.6 Å². The predicted octanol–water partition coefficient (Wildman–Crippen LogP) is 5.03. The molecule has 5 rings (SSSR count). The lowest BCUT2D eigenvalue weighted by atomic mass is 10.1. The zero-order chi connectivity index (χ0) is 28.2. The summed E-state index contributed by atoms with van der Waals surface area (Å²) in [5.74, 6) is 0.623. The van der Waals surface area contributed by atoms with E-state index in [-0.39, 0.29) is 23.3 Å². The van der Waals surface area contributed by atoms with E-state index < -0.39 is 5.56 Å². The molecule has 0 aliphatic carbocycles. The minimum Gasteiger partial charge on any atom is -0.453 e. The molecule has 0 atom stereocenters. The number of carbonyl (C=O) groups excluding carboxylic acids is 2. The van der Waals surface area contributed by atoms with Crippen molar-refractivity contribution in [1.29, 1.82) is 0 Å². The number of aromatic nitrogens is 2. The Labute approximate surface area is 236 Å². The number of benzene rings is 3. The molecule has 40 heavy (non-hydrogen) atoms. The maximum atomic E-state index is 13.7. The molecule has 1 saturated heterocycles. The largest absolute Gasteiger partial charge is 0.453 e. The predicted molar refractivity (Wildman–Crippen MR) is 154 cm³/mol. The Morgan fingerprint density at radius 3 is 2.38 bits per heavy atom. The van der Waals surface area contributed by atoms with Crippen molar-refractivity contribution in [3.05, 3.63) is 105 Å². The maximum Gasteiger partial charge on any atom is 0.299 e. The Kier molecular flexibility index (Phi) is 7.84. The normalized spacial score (nSPS) is 13.2. The first-order chi connectivity index (χ1) is 19.3. The van der Waals surface area contributed by atoms with Gasteiger partial charge < -0.3 is 19.9 Å². The van der Waals surface area contributed by atoms with Gasteiger partial charge in [0.05, 0.1) is 16.9 Å². The van der Waals surface area contributed by atoms with Gasteiger partial charge in [0.2, 0.25) is 5.91 Å². The number of carbonyl (C=O) groups is 2. The molecule has 204 valence electrons. The number of hydrogen-bond donors (Lipinski definition) is 1. The first kappa shape index (κ1) is 27.0. The second kappa shape index (κ2) is 11.6. The summed E-state index contributed by atoms with van der Waals surface area (Å²) in [4.78, 5) is 42.1. The van der Waals surface area contributed by atoms with Crippen LogP contribution in [0.5, 0.6) is 11.5 Å². The van der Waals surface area contributed by atoms with Crippen molar-refractivity contribution in [2.45, 2.75) is 13.8 Å². The molecule has 0 radical (unpaired) electrons. The molecule has 4 aromatic rings. The van der Waals surface area contributed by atoms with Crippen LogP contribution < -0.4 is 15.6 Å². The molecule has 1 aliphatic rings. The molecule has 9 nitrogen and oxygen atoms in total. The van der Waals surface area contributed by atoms with E-state index in [1.807, 2.05) is 25.1 Å². The second-order valence-electron chi connectivity index (χ2n) is 9.47. The molecule has 10 heteroatoms. The van der Waals surface area contributed by atoms with Crippen LogP contribution in [0.3, 0.4) is 0 Å². The Morgan fingerprint density at radius 2 is 1.65 bits per heavy atom. The molecule has 1 N–H and O–H groups in total. The van der Waals surface area contributed by atoms with E-state index in [9.17, 15) is 14.4 Å². The number of halogens is 1. The number of nitrogens with zero attached hydrogens (tertiary/aromatic N) is 4. The fourth-order valence-electron chi connectivity index (χ4n) is 4.51. The Morgan fingerprint density at radius 1 is 0.925 bits per heavy atom. The van der Waals surface area contributed by atoms with Gasteiger partial charge in [-0.2, -0.15) is 9.78 Å². The topological polar surface area (TPSA) is 96.8 Å². The van der Waals surface area contributed by atoms with Crippen molar-refractivity contribution in [1.82, 2.24) is 19.6 Å². The summed E-state index contributed by atoms with van der Waals surface area (Å²) in [6, 6.07) is 21.3. The van der Waals surface area contributed by atoms with Crippen LogP contribution in [0.15, 0.2) is 83.8 Å². The zero-order valence-electron chi connectivity index (χ0n) is 22.1. The highest BCUT2D eigenvalue weighted by Crippen LogP contribution is 2.30. The minimum absolute atomic E-state index is 0.00165. The number of aryl methyl sites for hydroxylation is 1. The molecular weight excluding hydrogens is 530 g/mol. The summed E-state index contributed by atoms with van der Waals surface area (Å²) in [6.07, 6.45) is 1.46. The van der Waals surface area contributed by atoms with E-state index in [0.29, 0.717) is 53.9 Å². The first-order valence-electron chi connectivity index (χ1n) is 12.8. The molecular formula is C30H28ClN5O4. The number of ether oxygens (including phenoxy) is 1. The van der Waals surface area contributed by atoms with Gasteiger partial charge in [-0.25, -0.2) is 0 Å². The van der Waals surface area contributed by atoms with Gasteiger partial charge >= 0.3 is 0 Å². The molecule has 3 aromatic carbocycles. The SMILES string of the molecule is CC(=O)N1CCN(C(=O)c2cccc(Nc3c(Oc4cccc(C)c4)cnn(-c4ccccc4Cl)c3=O)c2)CC1. The van der Waals surface area contributed by atoms with Crippen molar-refractivity contribution in [2.24, 2.45) is 0 Å². The maximum absolute atomic E-state index is 13.7. The number of nitrogens with one attached hydrogen (secondary N) is 1. The second-order valence-corrected chi connectivity index (χ2v) is 9.88. The van der Waals surface area contributed by atoms with Gasteiger partial charge in [0.15, 0.2) is 11.4 Å². The van der Waals surface area contributed by atoms with Gasteiger partial charge in [0, 0.05) is 44.4 Å². The average Bonchev–Trinajstić information content (AvgIpc) is 2.95. The standard InChI is InChI=1S/C30H28ClN5O4/c1-20-7-5-10-24(17-20)40-27-19-32-36(26-12-4-3-11-25(26)31)30(39)28(27)33-23-9-6-8-22(18-23)29(38)35-15-13-34(14-16-35)21(2)37/h3-12,17-19,33H,13-16H2,1-2H3. The average molecular weight is 558 g/mol. The zero-order valence-corrected chi connectivity index (χ0v) is 22.9. The van der Waals surface area contributed by atoms with Crippen LogP contribution in [0.2, 0.25) is 5.02 Å². The lowest BCUT2D eigenvalue weighted by Crippen LogP contribution is -2.50. The third kappa shape index (κ3) is 5.84. The summed E-state index contributed by atoms with van der Waals surface area (Å²) in [7, 11) is 0. The van der Waals surface area contributed by atoms with Crippen LogP contribution in [0.1, 0.15) is 22.8 Å². The molecule has 0 unspecified atom stereocenters. The monoisotopic (exact) mass is 557 g/mol. The number of amides is 2. The molecule has 2 amide bonds. The van der Waals surface area contributed by atoms with Crippen molar-refractivity contribution in [3.63, 3.8) is 0 Å². The third-order valence-corrected chi connectivity index (χ3v) is 6.95. The first-order valence-corrected chi connectivity index (χ1v) is 13.2. The van der Waals surface area contributed by atoms with E-state index >= 15 is 0 Å².